The smallest absolute Gasteiger partial charge is 0.257 e. The fourth-order valence-electron chi connectivity index (χ4n) is 1.75. The molecule has 5 heteroatoms. The highest BCUT2D eigenvalue weighted by Crippen LogP contribution is 2.10. The van der Waals surface area contributed by atoms with E-state index in [1.54, 1.807) is 18.2 Å². The molecule has 0 saturated carbocycles. The third kappa shape index (κ3) is 4.10. The average Bonchev–Trinajstić information content (AvgIpc) is 2.44. The molecule has 0 saturated heterocycles. The summed E-state index contributed by atoms with van der Waals surface area (Å²) in [5, 5.41) is 5.59. The van der Waals surface area contributed by atoms with Crippen molar-refractivity contribution in [1.82, 2.24) is 5.32 Å². The second-order valence-electron chi connectivity index (χ2n) is 4.71. The normalized spacial score (nSPS) is 10.0. The lowest BCUT2D eigenvalue weighted by Crippen LogP contribution is -2.34. The van der Waals surface area contributed by atoms with E-state index in [-0.39, 0.29) is 16.8 Å². The van der Waals surface area contributed by atoms with Gasteiger partial charge in [0.2, 0.25) is 0 Å². The summed E-state index contributed by atoms with van der Waals surface area (Å²) in [6.07, 6.45) is 0. The maximum Gasteiger partial charge on any atom is 0.257 e. The van der Waals surface area contributed by atoms with Crippen molar-refractivity contribution in [3.8, 4) is 0 Å². The highest BCUT2D eigenvalue weighted by atomic mass is 32.1. The molecule has 0 atom stereocenters. The van der Waals surface area contributed by atoms with Gasteiger partial charge in [-0.15, -0.1) is 0 Å². The third-order valence-corrected chi connectivity index (χ3v) is 3.30. The number of carbonyl (C=O) groups is 1. The molecule has 0 bridgehead atoms. The second kappa shape index (κ2) is 6.45. The fraction of sp³-hybridized carbons (Fsp3) is 0.125. The number of halogens is 1. The zero-order valence-corrected chi connectivity index (χ0v) is 12.6. The molecule has 0 radical (unpaired) electrons. The van der Waals surface area contributed by atoms with Crippen molar-refractivity contribution in [1.29, 1.82) is 0 Å². The summed E-state index contributed by atoms with van der Waals surface area (Å²) >= 11 is 5.07. The molecule has 0 aliphatic carbocycles. The van der Waals surface area contributed by atoms with Crippen molar-refractivity contribution in [2.45, 2.75) is 13.8 Å². The first kappa shape index (κ1) is 15.1. The van der Waals surface area contributed by atoms with Crippen LogP contribution in [0.5, 0.6) is 0 Å². The van der Waals surface area contributed by atoms with Gasteiger partial charge in [-0.25, -0.2) is 4.39 Å². The number of anilines is 1. The summed E-state index contributed by atoms with van der Waals surface area (Å²) in [5.74, 6) is -0.608. The van der Waals surface area contributed by atoms with Crippen LogP contribution in [-0.4, -0.2) is 11.0 Å². The Bertz CT molecular complexity index is 683. The van der Waals surface area contributed by atoms with Crippen molar-refractivity contribution >= 4 is 28.9 Å². The molecule has 0 spiro atoms. The predicted molar refractivity (Wildman–Crippen MR) is 86.0 cm³/mol. The van der Waals surface area contributed by atoms with Gasteiger partial charge in [0.15, 0.2) is 5.11 Å². The summed E-state index contributed by atoms with van der Waals surface area (Å²) in [5.41, 5.74) is 3.32. The van der Waals surface area contributed by atoms with E-state index in [4.69, 9.17) is 12.2 Å². The molecule has 2 aromatic carbocycles. The summed E-state index contributed by atoms with van der Waals surface area (Å²) < 4.78 is 12.8. The molecule has 0 aliphatic rings. The Labute approximate surface area is 128 Å². The largest absolute Gasteiger partial charge is 0.332 e. The maximum absolute atomic E-state index is 12.8. The molecule has 21 heavy (non-hydrogen) atoms. The van der Waals surface area contributed by atoms with Crippen LogP contribution < -0.4 is 10.6 Å². The van der Waals surface area contributed by atoms with Crippen LogP contribution in [0.25, 0.3) is 0 Å². The molecule has 1 amide bonds. The predicted octanol–water partition coefficient (Wildman–Crippen LogP) is 3.57. The first-order valence-electron chi connectivity index (χ1n) is 6.41. The average molecular weight is 302 g/mol. The van der Waals surface area contributed by atoms with Crippen LogP contribution in [0.15, 0.2) is 42.5 Å². The highest BCUT2D eigenvalue weighted by molar-refractivity contribution is 7.80. The lowest BCUT2D eigenvalue weighted by atomic mass is 10.1. The van der Waals surface area contributed by atoms with Crippen LogP contribution in [0.4, 0.5) is 10.1 Å². The van der Waals surface area contributed by atoms with E-state index in [2.05, 4.69) is 10.6 Å². The number of nitrogens with one attached hydrogen (secondary N) is 2. The van der Waals surface area contributed by atoms with Gasteiger partial charge in [0.1, 0.15) is 5.82 Å². The number of hydrogen-bond acceptors (Lipinski definition) is 2. The molecule has 0 unspecified atom stereocenters. The van der Waals surface area contributed by atoms with E-state index in [1.165, 1.54) is 12.1 Å². The van der Waals surface area contributed by atoms with E-state index in [0.29, 0.717) is 11.3 Å². The van der Waals surface area contributed by atoms with Gasteiger partial charge in [0.25, 0.3) is 5.91 Å². The molecule has 0 heterocycles. The number of thiocarbonyl (C=S) groups is 1. The SMILES string of the molecule is Cc1ccc(C(=O)NC(=S)Nc2ccc(F)cc2)cc1C. The first-order valence-corrected chi connectivity index (χ1v) is 6.81. The van der Waals surface area contributed by atoms with Crippen molar-refractivity contribution in [3.05, 3.63) is 65.0 Å². The molecular weight excluding hydrogens is 287 g/mol. The van der Waals surface area contributed by atoms with Crippen LogP contribution in [0.1, 0.15) is 21.5 Å². The number of rotatable bonds is 2. The number of benzene rings is 2. The van der Waals surface area contributed by atoms with E-state index in [1.807, 2.05) is 26.0 Å². The monoisotopic (exact) mass is 302 g/mol. The molecule has 2 rings (SSSR count). The van der Waals surface area contributed by atoms with E-state index in [0.717, 1.165) is 11.1 Å². The van der Waals surface area contributed by atoms with Gasteiger partial charge in [-0.3, -0.25) is 10.1 Å². The number of carbonyl (C=O) groups excluding carboxylic acids is 1. The Hall–Kier alpha value is -2.27. The number of hydrogen-bond donors (Lipinski definition) is 2. The van der Waals surface area contributed by atoms with Crippen molar-refractivity contribution < 1.29 is 9.18 Å². The summed E-state index contributed by atoms with van der Waals surface area (Å²) in [6.45, 7) is 3.93. The van der Waals surface area contributed by atoms with Crippen LogP contribution in [0, 0.1) is 19.7 Å². The Morgan fingerprint density at radius 3 is 2.33 bits per heavy atom. The van der Waals surface area contributed by atoms with E-state index in [9.17, 15) is 9.18 Å². The van der Waals surface area contributed by atoms with Gasteiger partial charge in [-0.2, -0.15) is 0 Å². The Morgan fingerprint density at radius 1 is 1.05 bits per heavy atom. The summed E-state index contributed by atoms with van der Waals surface area (Å²) in [6, 6.07) is 11.2. The maximum atomic E-state index is 12.8. The lowest BCUT2D eigenvalue weighted by Gasteiger charge is -2.10. The standard InChI is InChI=1S/C16H15FN2OS/c1-10-3-4-12(9-11(10)2)15(20)19-16(21)18-14-7-5-13(17)6-8-14/h3-9H,1-2H3,(H2,18,19,20,21). The van der Waals surface area contributed by atoms with Gasteiger partial charge in [0.05, 0.1) is 0 Å². The van der Waals surface area contributed by atoms with Crippen LogP contribution in [0.2, 0.25) is 0 Å². The lowest BCUT2D eigenvalue weighted by molar-refractivity contribution is 0.0977. The zero-order valence-electron chi connectivity index (χ0n) is 11.7. The van der Waals surface area contributed by atoms with Crippen LogP contribution >= 0.6 is 12.2 Å². The molecular formula is C16H15FN2OS. The zero-order chi connectivity index (χ0) is 15.4. The molecule has 3 nitrogen and oxygen atoms in total. The van der Waals surface area contributed by atoms with Gasteiger partial charge in [-0.05, 0) is 73.6 Å². The van der Waals surface area contributed by atoms with Crippen LogP contribution in [0.3, 0.4) is 0 Å². The van der Waals surface area contributed by atoms with Gasteiger partial charge in [-0.1, -0.05) is 6.07 Å². The highest BCUT2D eigenvalue weighted by Gasteiger charge is 2.08. The van der Waals surface area contributed by atoms with Crippen LogP contribution in [-0.2, 0) is 0 Å². The van der Waals surface area contributed by atoms with Gasteiger partial charge < -0.3 is 5.32 Å². The van der Waals surface area contributed by atoms with Crippen molar-refractivity contribution in [2.24, 2.45) is 0 Å². The Balaban J connectivity index is 2.00. The molecule has 2 N–H and O–H groups in total. The summed E-state index contributed by atoms with van der Waals surface area (Å²) in [7, 11) is 0. The number of amides is 1. The fourth-order valence-corrected chi connectivity index (χ4v) is 1.96. The topological polar surface area (TPSA) is 41.1 Å². The second-order valence-corrected chi connectivity index (χ2v) is 5.12. The Morgan fingerprint density at radius 2 is 1.71 bits per heavy atom. The number of aryl methyl sites for hydroxylation is 2. The van der Waals surface area contributed by atoms with Gasteiger partial charge in [0, 0.05) is 11.3 Å². The van der Waals surface area contributed by atoms with Crippen molar-refractivity contribution in [3.63, 3.8) is 0 Å². The third-order valence-electron chi connectivity index (χ3n) is 3.10. The Kier molecular flexibility index (Phi) is 4.65. The molecule has 0 aromatic heterocycles. The minimum atomic E-state index is -0.328. The minimum Gasteiger partial charge on any atom is -0.332 e. The summed E-state index contributed by atoms with van der Waals surface area (Å²) in [4.78, 5) is 12.1. The first-order chi connectivity index (χ1) is 9.95. The molecule has 0 aliphatic heterocycles. The van der Waals surface area contributed by atoms with Gasteiger partial charge >= 0.3 is 0 Å². The molecule has 108 valence electrons. The van der Waals surface area contributed by atoms with E-state index < -0.39 is 0 Å². The quantitative estimate of drug-likeness (QED) is 0.833. The minimum absolute atomic E-state index is 0.171. The van der Waals surface area contributed by atoms with E-state index >= 15 is 0 Å². The molecule has 2 aromatic rings. The molecule has 0 fully saturated rings. The van der Waals surface area contributed by atoms with Crippen molar-refractivity contribution in [2.75, 3.05) is 5.32 Å².